The maximum atomic E-state index is 11.5. The zero-order chi connectivity index (χ0) is 19.1. The molecule has 8 heteroatoms. The van der Waals surface area contributed by atoms with Crippen LogP contribution in [-0.2, 0) is 19.2 Å². The van der Waals surface area contributed by atoms with E-state index in [2.05, 4.69) is 0 Å². The van der Waals surface area contributed by atoms with Crippen LogP contribution in [0, 0.1) is 0 Å². The molecule has 0 atom stereocenters. The van der Waals surface area contributed by atoms with Crippen LogP contribution >= 0.6 is 0 Å². The van der Waals surface area contributed by atoms with Gasteiger partial charge in [0.15, 0.2) is 0 Å². The summed E-state index contributed by atoms with van der Waals surface area (Å²) < 4.78 is 5.58. The lowest BCUT2D eigenvalue weighted by Gasteiger charge is -2.15. The number of carbonyl (C=O) groups is 4. The van der Waals surface area contributed by atoms with Gasteiger partial charge in [-0.15, -0.1) is 0 Å². The molecule has 0 saturated heterocycles. The zero-order valence-corrected chi connectivity index (χ0v) is 13.5. The first-order valence-electron chi connectivity index (χ1n) is 7.49. The van der Waals surface area contributed by atoms with Crippen LogP contribution in [0.15, 0.2) is 42.5 Å². The molecule has 1 aliphatic rings. The number of aliphatic carboxylic acids is 2. The number of hydrogen-bond acceptors (Lipinski definition) is 5. The molecule has 0 bridgehead atoms. The summed E-state index contributed by atoms with van der Waals surface area (Å²) in [5.41, 5.74) is 0.988. The standard InChI is InChI=1S/C18H15NO7/c20-15-5-6-16(21)19(15)9-10-26-14-11-12(2-7-17(22)23)1-3-13(14)4-8-18(24)25/h1-8,11H,9-10H2,(H,22,23)(H,24,25)/b7-2+,8-4+. The number of ether oxygens (including phenoxy) is 1. The topological polar surface area (TPSA) is 121 Å². The molecular weight excluding hydrogens is 342 g/mol. The maximum Gasteiger partial charge on any atom is 0.328 e. The van der Waals surface area contributed by atoms with E-state index in [1.807, 2.05) is 0 Å². The Kier molecular flexibility index (Phi) is 6.05. The molecule has 0 unspecified atom stereocenters. The largest absolute Gasteiger partial charge is 0.491 e. The monoisotopic (exact) mass is 357 g/mol. The summed E-state index contributed by atoms with van der Waals surface area (Å²) in [6, 6.07) is 4.71. The Morgan fingerprint density at radius 1 is 1.00 bits per heavy atom. The summed E-state index contributed by atoms with van der Waals surface area (Å²) in [4.78, 5) is 45.3. The third kappa shape index (κ3) is 5.17. The van der Waals surface area contributed by atoms with E-state index in [1.165, 1.54) is 30.4 Å². The van der Waals surface area contributed by atoms with Crippen LogP contribution in [0.1, 0.15) is 11.1 Å². The number of amides is 2. The number of carboxylic acid groups (broad SMARTS) is 2. The first-order chi connectivity index (χ1) is 12.4. The molecule has 0 saturated carbocycles. The minimum absolute atomic E-state index is 0.000824. The number of carboxylic acids is 2. The van der Waals surface area contributed by atoms with E-state index in [0.29, 0.717) is 16.9 Å². The van der Waals surface area contributed by atoms with Gasteiger partial charge in [-0.05, 0) is 23.8 Å². The van der Waals surface area contributed by atoms with E-state index in [1.54, 1.807) is 12.1 Å². The molecule has 1 aromatic carbocycles. The van der Waals surface area contributed by atoms with Crippen molar-refractivity contribution in [1.82, 2.24) is 4.90 Å². The predicted octanol–water partition coefficient (Wildman–Crippen LogP) is 1.19. The van der Waals surface area contributed by atoms with Crippen molar-refractivity contribution in [1.29, 1.82) is 0 Å². The van der Waals surface area contributed by atoms with Crippen molar-refractivity contribution >= 4 is 35.9 Å². The van der Waals surface area contributed by atoms with Crippen LogP contribution in [-0.4, -0.2) is 52.0 Å². The summed E-state index contributed by atoms with van der Waals surface area (Å²) in [6.45, 7) is 0.0289. The number of hydrogen-bond donors (Lipinski definition) is 2. The van der Waals surface area contributed by atoms with Gasteiger partial charge in [0.25, 0.3) is 11.8 Å². The third-order valence-corrected chi connectivity index (χ3v) is 3.33. The van der Waals surface area contributed by atoms with Gasteiger partial charge >= 0.3 is 11.9 Å². The third-order valence-electron chi connectivity index (χ3n) is 3.33. The molecule has 0 radical (unpaired) electrons. The highest BCUT2D eigenvalue weighted by Crippen LogP contribution is 2.23. The molecule has 0 aliphatic carbocycles. The Morgan fingerprint density at radius 3 is 2.23 bits per heavy atom. The second-order valence-electron chi connectivity index (χ2n) is 5.15. The first-order valence-corrected chi connectivity index (χ1v) is 7.49. The quantitative estimate of drug-likeness (QED) is 0.529. The highest BCUT2D eigenvalue weighted by atomic mass is 16.5. The van der Waals surface area contributed by atoms with Gasteiger partial charge < -0.3 is 14.9 Å². The highest BCUT2D eigenvalue weighted by Gasteiger charge is 2.22. The smallest absolute Gasteiger partial charge is 0.328 e. The number of carbonyl (C=O) groups excluding carboxylic acids is 2. The number of benzene rings is 1. The Morgan fingerprint density at radius 2 is 1.62 bits per heavy atom. The Labute approximate surface area is 148 Å². The molecule has 2 N–H and O–H groups in total. The lowest BCUT2D eigenvalue weighted by molar-refractivity contribution is -0.137. The van der Waals surface area contributed by atoms with Crippen molar-refractivity contribution in [3.63, 3.8) is 0 Å². The highest BCUT2D eigenvalue weighted by molar-refractivity contribution is 6.12. The minimum atomic E-state index is -1.13. The van der Waals surface area contributed by atoms with Crippen molar-refractivity contribution in [2.45, 2.75) is 0 Å². The molecule has 1 aliphatic heterocycles. The van der Waals surface area contributed by atoms with Crippen LogP contribution < -0.4 is 4.74 Å². The molecule has 0 spiro atoms. The van der Waals surface area contributed by atoms with Crippen molar-refractivity contribution in [3.05, 3.63) is 53.6 Å². The van der Waals surface area contributed by atoms with Crippen molar-refractivity contribution in [2.24, 2.45) is 0 Å². The average Bonchev–Trinajstić information content (AvgIpc) is 2.90. The van der Waals surface area contributed by atoms with E-state index in [-0.39, 0.29) is 13.2 Å². The average molecular weight is 357 g/mol. The van der Waals surface area contributed by atoms with Crippen molar-refractivity contribution in [2.75, 3.05) is 13.2 Å². The van der Waals surface area contributed by atoms with Crippen LogP contribution in [0.5, 0.6) is 5.75 Å². The van der Waals surface area contributed by atoms with Crippen LogP contribution in [0.3, 0.4) is 0 Å². The van der Waals surface area contributed by atoms with E-state index < -0.39 is 23.8 Å². The predicted molar refractivity (Wildman–Crippen MR) is 91.1 cm³/mol. The number of nitrogens with zero attached hydrogens (tertiary/aromatic N) is 1. The van der Waals surface area contributed by atoms with Gasteiger partial charge in [0.05, 0.1) is 6.54 Å². The maximum absolute atomic E-state index is 11.5. The van der Waals surface area contributed by atoms with E-state index in [9.17, 15) is 19.2 Å². The number of imide groups is 1. The molecule has 1 aromatic rings. The molecule has 2 rings (SSSR count). The minimum Gasteiger partial charge on any atom is -0.491 e. The fourth-order valence-electron chi connectivity index (χ4n) is 2.14. The van der Waals surface area contributed by atoms with Gasteiger partial charge in [0.1, 0.15) is 12.4 Å². The fraction of sp³-hybridized carbons (Fsp3) is 0.111. The van der Waals surface area contributed by atoms with Crippen LogP contribution in [0.4, 0.5) is 0 Å². The van der Waals surface area contributed by atoms with Gasteiger partial charge in [-0.1, -0.05) is 12.1 Å². The Balaban J connectivity index is 2.14. The van der Waals surface area contributed by atoms with Gasteiger partial charge in [-0.2, -0.15) is 0 Å². The van der Waals surface area contributed by atoms with E-state index in [4.69, 9.17) is 14.9 Å². The van der Waals surface area contributed by atoms with Crippen molar-refractivity contribution in [3.8, 4) is 5.75 Å². The zero-order valence-electron chi connectivity index (χ0n) is 13.5. The molecule has 26 heavy (non-hydrogen) atoms. The molecule has 134 valence electrons. The molecule has 0 fully saturated rings. The van der Waals surface area contributed by atoms with Gasteiger partial charge in [0.2, 0.25) is 0 Å². The van der Waals surface area contributed by atoms with Crippen molar-refractivity contribution < 1.29 is 34.1 Å². The van der Waals surface area contributed by atoms with Gasteiger partial charge in [-0.25, -0.2) is 9.59 Å². The second kappa shape index (κ2) is 8.43. The summed E-state index contributed by atoms with van der Waals surface area (Å²) >= 11 is 0. The van der Waals surface area contributed by atoms with Crippen LogP contribution in [0.2, 0.25) is 0 Å². The Hall–Kier alpha value is -3.68. The molecule has 1 heterocycles. The molecular formula is C18H15NO7. The molecule has 8 nitrogen and oxygen atoms in total. The van der Waals surface area contributed by atoms with Gasteiger partial charge in [0, 0.05) is 29.9 Å². The number of rotatable bonds is 8. The summed E-state index contributed by atoms with van der Waals surface area (Å²) in [7, 11) is 0. The first kappa shape index (κ1) is 18.7. The van der Waals surface area contributed by atoms with E-state index >= 15 is 0 Å². The van der Waals surface area contributed by atoms with Crippen LogP contribution in [0.25, 0.3) is 12.2 Å². The molecule has 0 aromatic heterocycles. The normalized spacial score (nSPS) is 13.9. The summed E-state index contributed by atoms with van der Waals surface area (Å²) in [5, 5.41) is 17.4. The lowest BCUT2D eigenvalue weighted by atomic mass is 10.1. The second-order valence-corrected chi connectivity index (χ2v) is 5.15. The fourth-order valence-corrected chi connectivity index (χ4v) is 2.14. The van der Waals surface area contributed by atoms with E-state index in [0.717, 1.165) is 17.1 Å². The molecule has 2 amide bonds. The summed E-state index contributed by atoms with van der Waals surface area (Å²) in [6.07, 6.45) is 6.92. The SMILES string of the molecule is O=C(O)/C=C/c1ccc(/C=C/C(=O)O)c(OCCN2C(=O)C=CC2=O)c1. The van der Waals surface area contributed by atoms with Gasteiger partial charge in [-0.3, -0.25) is 14.5 Å². The summed E-state index contributed by atoms with van der Waals surface area (Å²) in [5.74, 6) is -2.81. The lowest BCUT2D eigenvalue weighted by Crippen LogP contribution is -2.33. The Bertz CT molecular complexity index is 818.